The summed E-state index contributed by atoms with van der Waals surface area (Å²) in [4.78, 5) is 0. The van der Waals surface area contributed by atoms with E-state index in [1.807, 2.05) is 0 Å². The van der Waals surface area contributed by atoms with Gasteiger partial charge in [0.1, 0.15) is 0 Å². The summed E-state index contributed by atoms with van der Waals surface area (Å²) < 4.78 is 59.1. The summed E-state index contributed by atoms with van der Waals surface area (Å²) in [5.41, 5.74) is 0. The van der Waals surface area contributed by atoms with Gasteiger partial charge in [0.2, 0.25) is 0 Å². The Morgan fingerprint density at radius 3 is 1.21 bits per heavy atom. The number of hydrogen-bond donors (Lipinski definition) is 0. The molecule has 0 radical (unpaired) electrons. The molecule has 0 aliphatic rings. The van der Waals surface area contributed by atoms with Gasteiger partial charge < -0.3 is 0 Å². The van der Waals surface area contributed by atoms with Crippen LogP contribution >= 0.6 is 37.7 Å². The van der Waals surface area contributed by atoms with Gasteiger partial charge in [-0.25, -0.2) is 0 Å². The number of nitriles is 2. The minimum atomic E-state index is -6.80. The van der Waals surface area contributed by atoms with Gasteiger partial charge in [-0.1, -0.05) is 0 Å². The van der Waals surface area contributed by atoms with E-state index in [0.29, 0.717) is 0 Å². The van der Waals surface area contributed by atoms with Crippen molar-refractivity contribution in [3.63, 3.8) is 0 Å². The minimum absolute atomic E-state index is 0.789. The van der Waals surface area contributed by atoms with Crippen molar-refractivity contribution < 1.29 is 22.0 Å². The molecule has 0 amide bonds. The van der Waals surface area contributed by atoms with E-state index >= 15 is 0 Å². The summed E-state index contributed by atoms with van der Waals surface area (Å²) in [5.74, 6) is -10.8. The average Bonchev–Trinajstić information content (AvgIpc) is 2.34. The van der Waals surface area contributed by atoms with Crippen molar-refractivity contribution in [1.82, 2.24) is 0 Å². The maximum absolute atomic E-state index is 13.5. The van der Waals surface area contributed by atoms with Crippen LogP contribution in [-0.4, -0.2) is 0 Å². The van der Waals surface area contributed by atoms with Gasteiger partial charge in [0.05, 0.1) is 0 Å². The van der Waals surface area contributed by atoms with Crippen LogP contribution in [0.2, 0.25) is 0 Å². The molecule has 0 atom stereocenters. The molecule has 0 aliphatic heterocycles. The van der Waals surface area contributed by atoms with Crippen LogP contribution in [0, 0.1) is 51.2 Å². The molecule has 0 fully saturated rings. The molecular weight excluding hydrogens is 356 g/mol. The monoisotopic (exact) mass is 355 g/mol. The van der Waals surface area contributed by atoms with Gasteiger partial charge >= 0.3 is 116 Å². The maximum atomic E-state index is 13.5. The Morgan fingerprint density at radius 1 is 0.684 bits per heavy atom. The van der Waals surface area contributed by atoms with Gasteiger partial charge in [0.15, 0.2) is 0 Å². The number of rotatable bonds is 1. The Bertz CT molecular complexity index is 648. The molecule has 0 spiro atoms. The van der Waals surface area contributed by atoms with Crippen molar-refractivity contribution in [3.8, 4) is 11.6 Å². The van der Waals surface area contributed by atoms with Crippen molar-refractivity contribution in [3.05, 3.63) is 29.1 Å². The van der Waals surface area contributed by atoms with E-state index in [2.05, 4.69) is 0 Å². The zero-order valence-electron chi connectivity index (χ0n) is 8.37. The molecule has 1 aromatic carbocycles. The predicted molar refractivity (Wildman–Crippen MR) is 61.6 cm³/mol. The third kappa shape index (κ3) is 2.11. The van der Waals surface area contributed by atoms with E-state index in [4.69, 9.17) is 44.2 Å². The van der Waals surface area contributed by atoms with Gasteiger partial charge in [0, 0.05) is 0 Å². The van der Waals surface area contributed by atoms with E-state index in [9.17, 15) is 22.0 Å². The van der Waals surface area contributed by atoms with Crippen LogP contribution in [0.25, 0.3) is 0 Å². The van der Waals surface area contributed by atoms with E-state index in [1.54, 1.807) is 0 Å². The summed E-state index contributed by atoms with van der Waals surface area (Å²) in [6.45, 7) is 0. The first kappa shape index (κ1) is 16.2. The molecule has 0 bridgehead atoms. The molecule has 0 aliphatic carbocycles. The molecule has 2 nitrogen and oxygen atoms in total. The predicted octanol–water partition coefficient (Wildman–Crippen LogP) is 4.52. The fourth-order valence-electron chi connectivity index (χ4n) is 1.13. The number of hydrogen-bond acceptors (Lipinski definition) is 2. The average molecular weight is 356 g/mol. The molecule has 0 unspecified atom stereocenters. The SMILES string of the molecule is N#C[P-](Cl)(Cl)(Cl)(C#N)c1c(F)c(F)c(F)c(F)c1F. The Morgan fingerprint density at radius 2 is 0.947 bits per heavy atom. The molecule has 11 heteroatoms. The third-order valence-corrected chi connectivity index (χ3v) is 7.17. The second kappa shape index (κ2) is 3.84. The van der Waals surface area contributed by atoms with Crippen LogP contribution in [0.5, 0.6) is 0 Å². The molecule has 1 rings (SSSR count). The fraction of sp³-hybridized carbons (Fsp3) is 0. The van der Waals surface area contributed by atoms with E-state index in [0.717, 1.165) is 11.6 Å². The zero-order chi connectivity index (χ0) is 15.3. The zero-order valence-corrected chi connectivity index (χ0v) is 11.5. The Kier molecular flexibility index (Phi) is 3.27. The van der Waals surface area contributed by atoms with Crippen molar-refractivity contribution in [1.29, 1.82) is 10.5 Å². The van der Waals surface area contributed by atoms with Crippen LogP contribution in [-0.2, 0) is 0 Å². The summed E-state index contributed by atoms with van der Waals surface area (Å²) in [5, 5.41) is 15.5. The Hall–Kier alpha value is -0.850. The van der Waals surface area contributed by atoms with Crippen molar-refractivity contribution in [2.75, 3.05) is 0 Å². The summed E-state index contributed by atoms with van der Waals surface area (Å²) >= 11 is 16.1. The van der Waals surface area contributed by atoms with E-state index in [-0.39, 0.29) is 0 Å². The third-order valence-electron chi connectivity index (χ3n) is 2.09. The summed E-state index contributed by atoms with van der Waals surface area (Å²) in [6.07, 6.45) is 0. The molecule has 1 aromatic rings. The normalized spacial score (nSPS) is 15.1. The summed E-state index contributed by atoms with van der Waals surface area (Å²) in [7, 11) is 0. The number of nitrogens with zero attached hydrogens (tertiary/aromatic N) is 2. The van der Waals surface area contributed by atoms with Crippen molar-refractivity contribution in [2.45, 2.75) is 0 Å². The first-order valence-electron chi connectivity index (χ1n) is 4.07. The second-order valence-electron chi connectivity index (χ2n) is 3.41. The van der Waals surface area contributed by atoms with Crippen LogP contribution < -0.4 is 5.30 Å². The molecule has 0 saturated carbocycles. The molecule has 0 N–H and O–H groups in total. The molecule has 0 saturated heterocycles. The van der Waals surface area contributed by atoms with E-state index < -0.39 is 38.4 Å². The van der Waals surface area contributed by atoms with Crippen LogP contribution in [0.1, 0.15) is 0 Å². The van der Waals surface area contributed by atoms with Gasteiger partial charge in [-0.2, -0.15) is 0 Å². The van der Waals surface area contributed by atoms with Gasteiger partial charge in [-0.05, 0) is 0 Å². The van der Waals surface area contributed by atoms with E-state index in [1.165, 1.54) is 0 Å². The molecule has 19 heavy (non-hydrogen) atoms. The topological polar surface area (TPSA) is 47.6 Å². The number of halogens is 8. The van der Waals surface area contributed by atoms with Gasteiger partial charge in [-0.3, -0.25) is 0 Å². The Balaban J connectivity index is 4.17. The van der Waals surface area contributed by atoms with Crippen molar-refractivity contribution in [2.24, 2.45) is 0 Å². The molecule has 0 aromatic heterocycles. The van der Waals surface area contributed by atoms with Crippen molar-refractivity contribution >= 4 is 43.0 Å². The van der Waals surface area contributed by atoms with Gasteiger partial charge in [0.25, 0.3) is 0 Å². The fourth-order valence-corrected chi connectivity index (χ4v) is 3.75. The van der Waals surface area contributed by atoms with Gasteiger partial charge in [-0.15, -0.1) is 0 Å². The molecule has 0 heterocycles. The standard InChI is InChI=1S/C8Cl3F5N2P/c9-19(10,11,1-17,2-18)8-6(15)4(13)3(12)5(14)7(8)16/q-1. The van der Waals surface area contributed by atoms with Crippen LogP contribution in [0.3, 0.4) is 0 Å². The first-order chi connectivity index (χ1) is 8.34. The molecular formula is C8Cl3F5N2P-. The van der Waals surface area contributed by atoms with Crippen LogP contribution in [0.15, 0.2) is 0 Å². The second-order valence-corrected chi connectivity index (χ2v) is 16.0. The quantitative estimate of drug-likeness (QED) is 0.321. The number of benzene rings is 1. The Labute approximate surface area is 116 Å². The molecule has 104 valence electrons. The first-order valence-corrected chi connectivity index (χ1v) is 9.47. The van der Waals surface area contributed by atoms with Crippen LogP contribution in [0.4, 0.5) is 22.0 Å². The summed E-state index contributed by atoms with van der Waals surface area (Å²) in [6, 6.07) is 0.